The summed E-state index contributed by atoms with van der Waals surface area (Å²) >= 11 is 0. The predicted molar refractivity (Wildman–Crippen MR) is 39.4 cm³/mol. The van der Waals surface area contributed by atoms with Gasteiger partial charge in [-0.3, -0.25) is 0 Å². The van der Waals surface area contributed by atoms with E-state index < -0.39 is 0 Å². The van der Waals surface area contributed by atoms with E-state index in [9.17, 15) is 0 Å². The molecular weight excluding hydrogens is 114 g/mol. The van der Waals surface area contributed by atoms with Gasteiger partial charge in [-0.2, -0.15) is 0 Å². The molecular formula is C7H17NO. The van der Waals surface area contributed by atoms with Crippen LogP contribution in [-0.2, 0) is 4.74 Å². The van der Waals surface area contributed by atoms with E-state index in [-0.39, 0.29) is 0 Å². The first kappa shape index (κ1) is 8.92. The smallest absolute Gasteiger partial charge is 0.0697 e. The summed E-state index contributed by atoms with van der Waals surface area (Å²) in [5, 5.41) is 0. The van der Waals surface area contributed by atoms with Crippen LogP contribution in [0.25, 0.3) is 0 Å². The monoisotopic (exact) mass is 131 g/mol. The SMILES string of the molecule is CCC[C@@H](CN)OCC. The molecule has 0 amide bonds. The summed E-state index contributed by atoms with van der Waals surface area (Å²) in [5.74, 6) is 0. The number of hydrogen-bond acceptors (Lipinski definition) is 2. The fraction of sp³-hybridized carbons (Fsp3) is 1.00. The molecule has 2 N–H and O–H groups in total. The van der Waals surface area contributed by atoms with E-state index in [1.54, 1.807) is 0 Å². The van der Waals surface area contributed by atoms with E-state index in [1.165, 1.54) is 0 Å². The van der Waals surface area contributed by atoms with Gasteiger partial charge in [0.05, 0.1) is 6.10 Å². The van der Waals surface area contributed by atoms with E-state index in [2.05, 4.69) is 6.92 Å². The second-order valence-electron chi connectivity index (χ2n) is 2.10. The van der Waals surface area contributed by atoms with Crippen molar-refractivity contribution in [3.8, 4) is 0 Å². The molecule has 0 aliphatic heterocycles. The van der Waals surface area contributed by atoms with Crippen molar-refractivity contribution in [1.82, 2.24) is 0 Å². The van der Waals surface area contributed by atoms with Crippen LogP contribution in [0.4, 0.5) is 0 Å². The number of hydrogen-bond donors (Lipinski definition) is 1. The highest BCUT2D eigenvalue weighted by molar-refractivity contribution is 4.55. The summed E-state index contributed by atoms with van der Waals surface area (Å²) in [6.07, 6.45) is 2.53. The molecule has 0 rings (SSSR count). The van der Waals surface area contributed by atoms with Crippen molar-refractivity contribution in [3.63, 3.8) is 0 Å². The first-order chi connectivity index (χ1) is 4.35. The average molecular weight is 131 g/mol. The lowest BCUT2D eigenvalue weighted by Gasteiger charge is -2.12. The van der Waals surface area contributed by atoms with Gasteiger partial charge in [-0.15, -0.1) is 0 Å². The first-order valence-electron chi connectivity index (χ1n) is 3.66. The van der Waals surface area contributed by atoms with Crippen LogP contribution in [-0.4, -0.2) is 19.3 Å². The van der Waals surface area contributed by atoms with Gasteiger partial charge >= 0.3 is 0 Å². The maximum Gasteiger partial charge on any atom is 0.0697 e. The van der Waals surface area contributed by atoms with Gasteiger partial charge in [0.1, 0.15) is 0 Å². The van der Waals surface area contributed by atoms with Crippen LogP contribution in [0, 0.1) is 0 Å². The molecule has 0 aliphatic carbocycles. The van der Waals surface area contributed by atoms with Crippen molar-refractivity contribution in [2.75, 3.05) is 13.2 Å². The minimum Gasteiger partial charge on any atom is -0.377 e. The number of ether oxygens (including phenoxy) is 1. The van der Waals surface area contributed by atoms with Crippen molar-refractivity contribution in [3.05, 3.63) is 0 Å². The second kappa shape index (κ2) is 6.05. The molecule has 0 saturated carbocycles. The van der Waals surface area contributed by atoms with Crippen molar-refractivity contribution < 1.29 is 4.74 Å². The highest BCUT2D eigenvalue weighted by atomic mass is 16.5. The molecule has 0 aliphatic rings. The van der Waals surface area contributed by atoms with Gasteiger partial charge in [-0.05, 0) is 13.3 Å². The number of nitrogens with two attached hydrogens (primary N) is 1. The molecule has 1 atom stereocenters. The summed E-state index contributed by atoms with van der Waals surface area (Å²) in [6.45, 7) is 5.57. The average Bonchev–Trinajstić information content (AvgIpc) is 1.88. The molecule has 2 nitrogen and oxygen atoms in total. The first-order valence-corrected chi connectivity index (χ1v) is 3.66. The Kier molecular flexibility index (Phi) is 5.99. The van der Waals surface area contributed by atoms with E-state index in [0.29, 0.717) is 12.6 Å². The Morgan fingerprint density at radius 3 is 2.44 bits per heavy atom. The van der Waals surface area contributed by atoms with E-state index in [4.69, 9.17) is 10.5 Å². The van der Waals surface area contributed by atoms with Crippen molar-refractivity contribution in [2.45, 2.75) is 32.8 Å². The van der Waals surface area contributed by atoms with Crippen LogP contribution in [0.15, 0.2) is 0 Å². The minimum atomic E-state index is 0.292. The quantitative estimate of drug-likeness (QED) is 0.607. The number of rotatable bonds is 5. The molecule has 0 unspecified atom stereocenters. The zero-order valence-electron chi connectivity index (χ0n) is 6.39. The third-order valence-electron chi connectivity index (χ3n) is 1.28. The molecule has 0 saturated heterocycles. The highest BCUT2D eigenvalue weighted by Gasteiger charge is 2.01. The van der Waals surface area contributed by atoms with Gasteiger partial charge < -0.3 is 10.5 Å². The van der Waals surface area contributed by atoms with Gasteiger partial charge in [0, 0.05) is 13.2 Å². The molecule has 0 spiro atoms. The molecule has 0 radical (unpaired) electrons. The molecule has 2 heteroatoms. The Labute approximate surface area is 57.4 Å². The van der Waals surface area contributed by atoms with Gasteiger partial charge in [0.25, 0.3) is 0 Å². The van der Waals surface area contributed by atoms with Crippen molar-refractivity contribution >= 4 is 0 Å². The second-order valence-corrected chi connectivity index (χ2v) is 2.10. The van der Waals surface area contributed by atoms with Crippen LogP contribution < -0.4 is 5.73 Å². The molecule has 0 bridgehead atoms. The van der Waals surface area contributed by atoms with E-state index >= 15 is 0 Å². The molecule has 9 heavy (non-hydrogen) atoms. The highest BCUT2D eigenvalue weighted by Crippen LogP contribution is 1.98. The zero-order chi connectivity index (χ0) is 7.11. The Balaban J connectivity index is 3.18. The molecule has 0 aromatic rings. The fourth-order valence-electron chi connectivity index (χ4n) is 0.827. The third kappa shape index (κ3) is 4.43. The van der Waals surface area contributed by atoms with Gasteiger partial charge in [-0.25, -0.2) is 0 Å². The molecule has 0 aromatic carbocycles. The third-order valence-corrected chi connectivity index (χ3v) is 1.28. The van der Waals surface area contributed by atoms with Crippen LogP contribution in [0.1, 0.15) is 26.7 Å². The zero-order valence-corrected chi connectivity index (χ0v) is 6.39. The van der Waals surface area contributed by atoms with Crippen LogP contribution in [0.3, 0.4) is 0 Å². The Bertz CT molecular complexity index is 50.9. The van der Waals surface area contributed by atoms with Gasteiger partial charge in [0.2, 0.25) is 0 Å². The molecule has 0 aromatic heterocycles. The Hall–Kier alpha value is -0.0800. The summed E-state index contributed by atoms with van der Waals surface area (Å²) in [6, 6.07) is 0. The lowest BCUT2D eigenvalue weighted by Crippen LogP contribution is -2.23. The fourth-order valence-corrected chi connectivity index (χ4v) is 0.827. The normalized spacial score (nSPS) is 13.7. The lowest BCUT2D eigenvalue weighted by atomic mass is 10.2. The molecule has 56 valence electrons. The standard InChI is InChI=1S/C7H17NO/c1-3-5-7(6-8)9-4-2/h7H,3-6,8H2,1-2H3/t7-/m0/s1. The van der Waals surface area contributed by atoms with Crippen molar-refractivity contribution in [1.29, 1.82) is 0 Å². The van der Waals surface area contributed by atoms with Crippen LogP contribution >= 0.6 is 0 Å². The summed E-state index contributed by atoms with van der Waals surface area (Å²) in [5.41, 5.74) is 5.42. The Morgan fingerprint density at radius 2 is 2.11 bits per heavy atom. The summed E-state index contributed by atoms with van der Waals surface area (Å²) < 4.78 is 5.31. The predicted octanol–water partition coefficient (Wildman–Crippen LogP) is 1.15. The van der Waals surface area contributed by atoms with E-state index in [0.717, 1.165) is 19.4 Å². The lowest BCUT2D eigenvalue weighted by molar-refractivity contribution is 0.0625. The summed E-state index contributed by atoms with van der Waals surface area (Å²) in [7, 11) is 0. The molecule has 0 heterocycles. The van der Waals surface area contributed by atoms with Crippen LogP contribution in [0.2, 0.25) is 0 Å². The maximum absolute atomic E-state index is 5.42. The van der Waals surface area contributed by atoms with Gasteiger partial charge in [0.15, 0.2) is 0 Å². The van der Waals surface area contributed by atoms with E-state index in [1.807, 2.05) is 6.92 Å². The minimum absolute atomic E-state index is 0.292. The maximum atomic E-state index is 5.42. The van der Waals surface area contributed by atoms with Crippen molar-refractivity contribution in [2.24, 2.45) is 5.73 Å². The Morgan fingerprint density at radius 1 is 1.44 bits per heavy atom. The van der Waals surface area contributed by atoms with Crippen LogP contribution in [0.5, 0.6) is 0 Å². The summed E-state index contributed by atoms with van der Waals surface area (Å²) in [4.78, 5) is 0. The van der Waals surface area contributed by atoms with Gasteiger partial charge in [-0.1, -0.05) is 13.3 Å². The molecule has 0 fully saturated rings. The topological polar surface area (TPSA) is 35.2 Å². The largest absolute Gasteiger partial charge is 0.377 e.